The number of aromatic nitrogens is 1. The first-order chi connectivity index (χ1) is 10.2. The van der Waals surface area contributed by atoms with Crippen molar-refractivity contribution in [2.75, 3.05) is 0 Å². The van der Waals surface area contributed by atoms with E-state index in [0.29, 0.717) is 0 Å². The van der Waals surface area contributed by atoms with Gasteiger partial charge in [-0.25, -0.2) is 0 Å². The van der Waals surface area contributed by atoms with Crippen LogP contribution in [0.2, 0.25) is 6.55 Å². The van der Waals surface area contributed by atoms with Crippen LogP contribution in [0.25, 0.3) is 0 Å². The zero-order chi connectivity index (χ0) is 14.7. The fourth-order valence-corrected chi connectivity index (χ4v) is 6.29. The van der Waals surface area contributed by atoms with Gasteiger partial charge in [-0.15, -0.1) is 0 Å². The van der Waals surface area contributed by atoms with Crippen LogP contribution in [0.4, 0.5) is 0 Å². The maximum atomic E-state index is 5.49. The Morgan fingerprint density at radius 2 is 1.43 bits per heavy atom. The lowest BCUT2D eigenvalue weighted by Crippen LogP contribution is -2.57. The summed E-state index contributed by atoms with van der Waals surface area (Å²) >= 11 is 0. The van der Waals surface area contributed by atoms with Crippen LogP contribution < -0.4 is 10.4 Å². The van der Waals surface area contributed by atoms with Crippen molar-refractivity contribution in [3.05, 3.63) is 78.2 Å². The molecule has 0 radical (unpaired) electrons. The fraction of sp³-hybridized carbons (Fsp3) is 0.167. The van der Waals surface area contributed by atoms with Gasteiger partial charge in [-0.3, -0.25) is 0 Å². The Bertz CT molecular complexity index is 667. The maximum absolute atomic E-state index is 5.49. The van der Waals surface area contributed by atoms with E-state index in [9.17, 15) is 0 Å². The van der Waals surface area contributed by atoms with Crippen molar-refractivity contribution in [3.8, 4) is 0 Å². The molecule has 106 valence electrons. The maximum Gasteiger partial charge on any atom is 0.135 e. The van der Waals surface area contributed by atoms with Crippen LogP contribution in [-0.2, 0) is 6.04 Å². The van der Waals surface area contributed by atoms with E-state index in [2.05, 4.69) is 78.4 Å². The number of aryl methyl sites for hydroxylation is 1. The van der Waals surface area contributed by atoms with Gasteiger partial charge in [0.2, 0.25) is 0 Å². The topological polar surface area (TPSA) is 26.0 Å². The molecule has 0 spiro atoms. The molecule has 1 aromatic heterocycles. The standard InChI is InChI=1S/C18H19NOSi/c1-15-13-16(20-19-15)14-21(2,17-9-5-3-6-10-17)18-11-7-4-8-12-18/h3-13H,14H2,1-2H3. The van der Waals surface area contributed by atoms with Gasteiger partial charge in [-0.2, -0.15) is 0 Å². The molecular formula is C18H19NOSi. The van der Waals surface area contributed by atoms with Crippen molar-refractivity contribution in [3.63, 3.8) is 0 Å². The second-order valence-corrected chi connectivity index (χ2v) is 9.85. The lowest BCUT2D eigenvalue weighted by molar-refractivity contribution is 0.389. The van der Waals surface area contributed by atoms with Crippen molar-refractivity contribution in [2.45, 2.75) is 19.5 Å². The van der Waals surface area contributed by atoms with Gasteiger partial charge in [-0.05, 0) is 6.92 Å². The summed E-state index contributed by atoms with van der Waals surface area (Å²) in [6, 6.07) is 24.6. The van der Waals surface area contributed by atoms with Crippen molar-refractivity contribution in [2.24, 2.45) is 0 Å². The third-order valence-corrected chi connectivity index (χ3v) is 8.30. The molecule has 0 N–H and O–H groups in total. The highest BCUT2D eigenvalue weighted by molar-refractivity contribution is 7.00. The predicted molar refractivity (Wildman–Crippen MR) is 88.7 cm³/mol. The summed E-state index contributed by atoms with van der Waals surface area (Å²) in [5.74, 6) is 0.981. The lowest BCUT2D eigenvalue weighted by atomic mass is 10.4. The van der Waals surface area contributed by atoms with Crippen LogP contribution >= 0.6 is 0 Å². The Labute approximate surface area is 126 Å². The highest BCUT2D eigenvalue weighted by Crippen LogP contribution is 2.14. The molecule has 3 aromatic rings. The van der Waals surface area contributed by atoms with Crippen LogP contribution in [0.3, 0.4) is 0 Å². The summed E-state index contributed by atoms with van der Waals surface area (Å²) in [5.41, 5.74) is 0.947. The molecular weight excluding hydrogens is 274 g/mol. The van der Waals surface area contributed by atoms with E-state index >= 15 is 0 Å². The van der Waals surface area contributed by atoms with Gasteiger partial charge in [0.05, 0.1) is 5.69 Å². The molecule has 0 atom stereocenters. The zero-order valence-corrected chi connectivity index (χ0v) is 13.4. The normalized spacial score (nSPS) is 11.5. The molecule has 2 aromatic carbocycles. The Kier molecular flexibility index (Phi) is 3.75. The molecule has 21 heavy (non-hydrogen) atoms. The average Bonchev–Trinajstić information content (AvgIpc) is 2.94. The summed E-state index contributed by atoms with van der Waals surface area (Å²) in [6.07, 6.45) is 0. The predicted octanol–water partition coefficient (Wildman–Crippen LogP) is 2.96. The van der Waals surface area contributed by atoms with E-state index in [1.165, 1.54) is 10.4 Å². The van der Waals surface area contributed by atoms with Gasteiger partial charge in [-0.1, -0.05) is 82.7 Å². The first-order valence-electron chi connectivity index (χ1n) is 7.22. The molecule has 0 bridgehead atoms. The van der Waals surface area contributed by atoms with Crippen molar-refractivity contribution in [1.82, 2.24) is 5.16 Å². The molecule has 3 heteroatoms. The van der Waals surface area contributed by atoms with Crippen LogP contribution in [0.1, 0.15) is 11.5 Å². The third-order valence-electron chi connectivity index (χ3n) is 4.03. The summed E-state index contributed by atoms with van der Waals surface area (Å²) in [4.78, 5) is 0. The summed E-state index contributed by atoms with van der Waals surface area (Å²) < 4.78 is 5.49. The van der Waals surface area contributed by atoms with Gasteiger partial charge < -0.3 is 4.52 Å². The van der Waals surface area contributed by atoms with Gasteiger partial charge in [0.25, 0.3) is 0 Å². The summed E-state index contributed by atoms with van der Waals surface area (Å²) in [5, 5.41) is 6.88. The number of benzene rings is 2. The minimum absolute atomic E-state index is 0.932. The number of hydrogen-bond donors (Lipinski definition) is 0. The lowest BCUT2D eigenvalue weighted by Gasteiger charge is -2.27. The highest BCUT2D eigenvalue weighted by Gasteiger charge is 2.33. The van der Waals surface area contributed by atoms with Crippen LogP contribution in [0, 0.1) is 6.92 Å². The fourth-order valence-electron chi connectivity index (χ4n) is 2.83. The molecule has 0 saturated carbocycles. The second kappa shape index (κ2) is 5.70. The van der Waals surface area contributed by atoms with E-state index in [1.54, 1.807) is 0 Å². The Morgan fingerprint density at radius 3 is 1.86 bits per heavy atom. The van der Waals surface area contributed by atoms with Crippen LogP contribution in [0.5, 0.6) is 0 Å². The van der Waals surface area contributed by atoms with Gasteiger partial charge in [0, 0.05) is 12.1 Å². The molecule has 2 nitrogen and oxygen atoms in total. The zero-order valence-electron chi connectivity index (χ0n) is 12.4. The Hall–Kier alpha value is -2.13. The smallest absolute Gasteiger partial charge is 0.135 e. The first-order valence-corrected chi connectivity index (χ1v) is 9.92. The van der Waals surface area contributed by atoms with Crippen molar-refractivity contribution < 1.29 is 4.52 Å². The van der Waals surface area contributed by atoms with E-state index in [4.69, 9.17) is 4.52 Å². The van der Waals surface area contributed by atoms with Gasteiger partial charge in [0.15, 0.2) is 0 Å². The quantitative estimate of drug-likeness (QED) is 0.691. The number of nitrogens with zero attached hydrogens (tertiary/aromatic N) is 1. The first kappa shape index (κ1) is 13.8. The summed E-state index contributed by atoms with van der Waals surface area (Å²) in [6.45, 7) is 4.37. The largest absolute Gasteiger partial charge is 0.361 e. The number of rotatable bonds is 4. The van der Waals surface area contributed by atoms with E-state index in [-0.39, 0.29) is 0 Å². The molecule has 0 amide bonds. The SMILES string of the molecule is Cc1cc(C[Si](C)(c2ccccc2)c2ccccc2)on1. The number of hydrogen-bond acceptors (Lipinski definition) is 2. The molecule has 0 aliphatic carbocycles. The molecule has 0 aliphatic rings. The molecule has 0 unspecified atom stereocenters. The summed E-state index contributed by atoms with van der Waals surface area (Å²) in [7, 11) is -1.86. The van der Waals surface area contributed by atoms with Crippen molar-refractivity contribution in [1.29, 1.82) is 0 Å². The van der Waals surface area contributed by atoms with E-state index in [0.717, 1.165) is 17.5 Å². The Morgan fingerprint density at radius 1 is 0.905 bits per heavy atom. The molecule has 1 heterocycles. The van der Waals surface area contributed by atoms with Gasteiger partial charge in [0.1, 0.15) is 13.8 Å². The molecule has 0 fully saturated rings. The highest BCUT2D eigenvalue weighted by atomic mass is 28.3. The molecule has 0 aliphatic heterocycles. The monoisotopic (exact) mass is 293 g/mol. The molecule has 3 rings (SSSR count). The molecule has 0 saturated heterocycles. The van der Waals surface area contributed by atoms with Crippen LogP contribution in [-0.4, -0.2) is 13.2 Å². The minimum atomic E-state index is -1.86. The van der Waals surface area contributed by atoms with E-state index < -0.39 is 8.07 Å². The van der Waals surface area contributed by atoms with Crippen molar-refractivity contribution >= 4 is 18.4 Å². The van der Waals surface area contributed by atoms with E-state index in [1.807, 2.05) is 6.92 Å². The second-order valence-electron chi connectivity index (χ2n) is 5.68. The minimum Gasteiger partial charge on any atom is -0.361 e. The van der Waals surface area contributed by atoms with Gasteiger partial charge >= 0.3 is 0 Å². The Balaban J connectivity index is 2.07. The van der Waals surface area contributed by atoms with Crippen LogP contribution in [0.15, 0.2) is 71.3 Å². The average molecular weight is 293 g/mol. The third kappa shape index (κ3) is 2.83.